The summed E-state index contributed by atoms with van der Waals surface area (Å²) >= 11 is 1.33. The number of hydrogen-bond donors (Lipinski definition) is 3. The topological polar surface area (TPSA) is 80.4 Å². The minimum atomic E-state index is -0.717. The van der Waals surface area contributed by atoms with Crippen molar-refractivity contribution in [2.45, 2.75) is 18.4 Å². The molecule has 1 aliphatic heterocycles. The normalized spacial score (nSPS) is 17.6. The van der Waals surface area contributed by atoms with Gasteiger partial charge in [0.15, 0.2) is 0 Å². The molecule has 1 aliphatic rings. The Balaban J connectivity index is 1.77. The van der Waals surface area contributed by atoms with Crippen molar-refractivity contribution in [3.8, 4) is 11.1 Å². The van der Waals surface area contributed by atoms with Crippen LogP contribution in [-0.2, 0) is 4.74 Å². The molecule has 1 aromatic heterocycles. The van der Waals surface area contributed by atoms with Crippen molar-refractivity contribution < 1.29 is 9.84 Å². The molecule has 0 aliphatic carbocycles. The largest absolute Gasteiger partial charge is 0.388 e. The molecule has 1 aromatic carbocycles. The fraction of sp³-hybridized carbons (Fsp3) is 0.400. The zero-order chi connectivity index (χ0) is 14.7. The summed E-state index contributed by atoms with van der Waals surface area (Å²) in [5.41, 5.74) is 7.22. The van der Waals surface area contributed by atoms with E-state index < -0.39 is 5.60 Å². The van der Waals surface area contributed by atoms with E-state index in [9.17, 15) is 5.11 Å². The predicted octanol–water partition coefficient (Wildman–Crippen LogP) is 2.35. The lowest BCUT2D eigenvalue weighted by Crippen LogP contribution is -2.42. The van der Waals surface area contributed by atoms with Crippen LogP contribution in [0.15, 0.2) is 30.3 Å². The van der Waals surface area contributed by atoms with Crippen molar-refractivity contribution in [1.29, 1.82) is 0 Å². The molecule has 4 N–H and O–H groups in total. The van der Waals surface area contributed by atoms with Gasteiger partial charge in [-0.3, -0.25) is 0 Å². The van der Waals surface area contributed by atoms with Gasteiger partial charge in [-0.1, -0.05) is 30.3 Å². The number of aromatic nitrogens is 1. The molecule has 1 fully saturated rings. The molecule has 0 amide bonds. The number of ether oxygens (including phenoxy) is 1. The molecular formula is C15H19N3O2S. The quantitative estimate of drug-likeness (QED) is 0.808. The van der Waals surface area contributed by atoms with Gasteiger partial charge in [0.2, 0.25) is 0 Å². The molecule has 0 radical (unpaired) electrons. The Hall–Kier alpha value is -1.63. The van der Waals surface area contributed by atoms with Crippen LogP contribution in [0, 0.1) is 0 Å². The van der Waals surface area contributed by atoms with Crippen molar-refractivity contribution in [1.82, 2.24) is 4.37 Å². The van der Waals surface area contributed by atoms with Crippen molar-refractivity contribution >= 4 is 22.4 Å². The fourth-order valence-corrected chi connectivity index (χ4v) is 3.21. The molecule has 0 unspecified atom stereocenters. The van der Waals surface area contributed by atoms with Crippen LogP contribution < -0.4 is 11.1 Å². The third kappa shape index (κ3) is 3.18. The summed E-state index contributed by atoms with van der Waals surface area (Å²) < 4.78 is 9.53. The first kappa shape index (κ1) is 14.3. The second-order valence-electron chi connectivity index (χ2n) is 5.33. The number of nitrogens with one attached hydrogen (secondary N) is 1. The lowest BCUT2D eigenvalue weighted by Gasteiger charge is -2.32. The van der Waals surface area contributed by atoms with Crippen molar-refractivity contribution in [3.63, 3.8) is 0 Å². The number of benzene rings is 1. The summed E-state index contributed by atoms with van der Waals surface area (Å²) in [6.07, 6.45) is 1.30. The molecule has 0 spiro atoms. The van der Waals surface area contributed by atoms with Crippen LogP contribution in [0.5, 0.6) is 0 Å². The minimum Gasteiger partial charge on any atom is -0.388 e. The van der Waals surface area contributed by atoms with Gasteiger partial charge < -0.3 is 20.9 Å². The van der Waals surface area contributed by atoms with Crippen LogP contribution in [0.3, 0.4) is 0 Å². The summed E-state index contributed by atoms with van der Waals surface area (Å²) in [7, 11) is 0. The number of anilines is 2. The van der Waals surface area contributed by atoms with Crippen molar-refractivity contribution in [2.24, 2.45) is 0 Å². The van der Waals surface area contributed by atoms with Gasteiger partial charge in [-0.05, 0) is 17.1 Å². The molecule has 0 bridgehead atoms. The molecule has 2 heterocycles. The molecule has 2 aromatic rings. The van der Waals surface area contributed by atoms with E-state index in [1.807, 2.05) is 30.3 Å². The zero-order valence-corrected chi connectivity index (χ0v) is 12.5. The van der Waals surface area contributed by atoms with Crippen LogP contribution >= 0.6 is 11.5 Å². The number of nitrogen functional groups attached to an aromatic ring is 1. The molecule has 3 rings (SSSR count). The number of hydrogen-bond acceptors (Lipinski definition) is 6. The Morgan fingerprint density at radius 3 is 2.71 bits per heavy atom. The van der Waals surface area contributed by atoms with E-state index in [-0.39, 0.29) is 0 Å². The Bertz CT molecular complexity index is 594. The SMILES string of the molecule is Nc1nsc(NCC2(O)CCOCC2)c1-c1ccccc1. The van der Waals surface area contributed by atoms with Gasteiger partial charge in [0, 0.05) is 32.6 Å². The third-order valence-electron chi connectivity index (χ3n) is 3.78. The Kier molecular flexibility index (Phi) is 4.10. The van der Waals surface area contributed by atoms with Gasteiger partial charge in [-0.15, -0.1) is 0 Å². The highest BCUT2D eigenvalue weighted by atomic mass is 32.1. The van der Waals surface area contributed by atoms with Gasteiger partial charge in [0.1, 0.15) is 10.8 Å². The van der Waals surface area contributed by atoms with E-state index >= 15 is 0 Å². The molecule has 6 heteroatoms. The first-order chi connectivity index (χ1) is 10.2. The Morgan fingerprint density at radius 1 is 1.29 bits per heavy atom. The molecule has 0 saturated carbocycles. The third-order valence-corrected chi connectivity index (χ3v) is 4.60. The zero-order valence-electron chi connectivity index (χ0n) is 11.7. The molecule has 1 saturated heterocycles. The van der Waals surface area contributed by atoms with E-state index in [2.05, 4.69) is 9.69 Å². The smallest absolute Gasteiger partial charge is 0.147 e. The Labute approximate surface area is 127 Å². The van der Waals surface area contributed by atoms with Gasteiger partial charge in [0.25, 0.3) is 0 Å². The van der Waals surface area contributed by atoms with Gasteiger partial charge in [-0.2, -0.15) is 4.37 Å². The number of rotatable bonds is 4. The first-order valence-electron chi connectivity index (χ1n) is 7.02. The highest BCUT2D eigenvalue weighted by Gasteiger charge is 2.30. The van der Waals surface area contributed by atoms with Crippen molar-refractivity contribution in [2.75, 3.05) is 30.8 Å². The molecule has 112 valence electrons. The first-order valence-corrected chi connectivity index (χ1v) is 7.80. The predicted molar refractivity (Wildman–Crippen MR) is 85.5 cm³/mol. The van der Waals surface area contributed by atoms with E-state index in [1.54, 1.807) is 0 Å². The fourth-order valence-electron chi connectivity index (χ4n) is 2.48. The average molecular weight is 305 g/mol. The van der Waals surface area contributed by atoms with Crippen LogP contribution in [0.1, 0.15) is 12.8 Å². The molecule has 5 nitrogen and oxygen atoms in total. The summed E-state index contributed by atoms with van der Waals surface area (Å²) in [5, 5.41) is 14.7. The van der Waals surface area contributed by atoms with Gasteiger partial charge in [-0.25, -0.2) is 0 Å². The van der Waals surface area contributed by atoms with Crippen LogP contribution in [0.4, 0.5) is 10.8 Å². The second kappa shape index (κ2) is 6.01. The lowest BCUT2D eigenvalue weighted by molar-refractivity contribution is -0.0543. The second-order valence-corrected chi connectivity index (χ2v) is 6.10. The van der Waals surface area contributed by atoms with E-state index in [4.69, 9.17) is 10.5 Å². The summed E-state index contributed by atoms with van der Waals surface area (Å²) in [6.45, 7) is 1.70. The number of nitrogens with zero attached hydrogens (tertiary/aromatic N) is 1. The molecule has 0 atom stereocenters. The van der Waals surface area contributed by atoms with Gasteiger partial charge >= 0.3 is 0 Å². The van der Waals surface area contributed by atoms with E-state index in [1.165, 1.54) is 11.5 Å². The number of aliphatic hydroxyl groups is 1. The highest BCUT2D eigenvalue weighted by Crippen LogP contribution is 2.37. The standard InChI is InChI=1S/C15H19N3O2S/c16-13-12(11-4-2-1-3-5-11)14(21-18-13)17-10-15(19)6-8-20-9-7-15/h1-5,17,19H,6-10H2,(H2,16,18). The lowest BCUT2D eigenvalue weighted by atomic mass is 9.94. The maximum atomic E-state index is 10.5. The molecule has 21 heavy (non-hydrogen) atoms. The monoisotopic (exact) mass is 305 g/mol. The Morgan fingerprint density at radius 2 is 2.00 bits per heavy atom. The summed E-state index contributed by atoms with van der Waals surface area (Å²) in [5.74, 6) is 0.521. The summed E-state index contributed by atoms with van der Waals surface area (Å²) in [6, 6.07) is 9.94. The summed E-state index contributed by atoms with van der Waals surface area (Å²) in [4.78, 5) is 0. The van der Waals surface area contributed by atoms with Crippen molar-refractivity contribution in [3.05, 3.63) is 30.3 Å². The minimum absolute atomic E-state index is 0.484. The van der Waals surface area contributed by atoms with Gasteiger partial charge in [0.05, 0.1) is 11.2 Å². The van der Waals surface area contributed by atoms with E-state index in [0.29, 0.717) is 38.4 Å². The maximum Gasteiger partial charge on any atom is 0.147 e. The average Bonchev–Trinajstić information content (AvgIpc) is 2.88. The van der Waals surface area contributed by atoms with Crippen LogP contribution in [0.25, 0.3) is 11.1 Å². The maximum absolute atomic E-state index is 10.5. The number of nitrogens with two attached hydrogens (primary N) is 1. The highest BCUT2D eigenvalue weighted by molar-refractivity contribution is 7.11. The van der Waals surface area contributed by atoms with Crippen LogP contribution in [-0.4, -0.2) is 34.8 Å². The van der Waals surface area contributed by atoms with Crippen LogP contribution in [0.2, 0.25) is 0 Å². The molecular weight excluding hydrogens is 286 g/mol. The van der Waals surface area contributed by atoms with E-state index in [0.717, 1.165) is 16.1 Å².